The van der Waals surface area contributed by atoms with Gasteiger partial charge in [0.1, 0.15) is 0 Å². The maximum Gasteiger partial charge on any atom is 0.306 e. The molecule has 0 aromatic carbocycles. The van der Waals surface area contributed by atoms with Gasteiger partial charge in [-0.2, -0.15) is 0 Å². The van der Waals surface area contributed by atoms with Gasteiger partial charge in [0.2, 0.25) is 10.0 Å². The summed E-state index contributed by atoms with van der Waals surface area (Å²) in [6, 6.07) is 0.319. The molecule has 7 heteroatoms. The largest absolute Gasteiger partial charge is 0.466 e. The highest BCUT2D eigenvalue weighted by molar-refractivity contribution is 7.89. The smallest absolute Gasteiger partial charge is 0.306 e. The lowest BCUT2D eigenvalue weighted by atomic mass is 10.4. The Hall–Kier alpha value is -0.660. The molecule has 0 saturated heterocycles. The number of esters is 1. The fraction of sp³-hybridized carbons (Fsp3) is 0.900. The summed E-state index contributed by atoms with van der Waals surface area (Å²) in [6.45, 7) is 6.80. The molecule has 0 heterocycles. The van der Waals surface area contributed by atoms with Crippen molar-refractivity contribution in [2.24, 2.45) is 0 Å². The molecule has 0 fully saturated rings. The molecule has 0 saturated carbocycles. The number of carbonyl (C=O) groups is 1. The van der Waals surface area contributed by atoms with Gasteiger partial charge in [0.05, 0.1) is 18.8 Å². The van der Waals surface area contributed by atoms with E-state index in [1.54, 1.807) is 6.92 Å². The predicted octanol–water partition coefficient (Wildman–Crippen LogP) is -0.143. The molecule has 0 aromatic rings. The molecule has 17 heavy (non-hydrogen) atoms. The summed E-state index contributed by atoms with van der Waals surface area (Å²) in [5.41, 5.74) is 0. The Labute approximate surface area is 103 Å². The fourth-order valence-corrected chi connectivity index (χ4v) is 2.08. The van der Waals surface area contributed by atoms with Crippen molar-refractivity contribution in [1.82, 2.24) is 10.0 Å². The van der Waals surface area contributed by atoms with E-state index in [4.69, 9.17) is 0 Å². The van der Waals surface area contributed by atoms with Crippen molar-refractivity contribution in [3.05, 3.63) is 0 Å². The van der Waals surface area contributed by atoms with Gasteiger partial charge >= 0.3 is 5.97 Å². The number of ether oxygens (including phenoxy) is 1. The van der Waals surface area contributed by atoms with Crippen LogP contribution in [0, 0.1) is 0 Å². The van der Waals surface area contributed by atoms with Crippen molar-refractivity contribution in [1.29, 1.82) is 0 Å². The van der Waals surface area contributed by atoms with Crippen LogP contribution in [0.25, 0.3) is 0 Å². The highest BCUT2D eigenvalue weighted by Gasteiger charge is 2.13. The molecule has 0 bridgehead atoms. The SMILES string of the molecule is CCOC(=O)CCS(=O)(=O)NCCNC(C)C. The van der Waals surface area contributed by atoms with Crippen LogP contribution in [0.15, 0.2) is 0 Å². The minimum atomic E-state index is -3.38. The second-order valence-corrected chi connectivity index (χ2v) is 5.80. The zero-order valence-electron chi connectivity index (χ0n) is 10.7. The monoisotopic (exact) mass is 266 g/mol. The summed E-state index contributed by atoms with van der Waals surface area (Å²) in [5.74, 6) is -0.716. The lowest BCUT2D eigenvalue weighted by Gasteiger charge is -2.09. The van der Waals surface area contributed by atoms with E-state index in [2.05, 4.69) is 14.8 Å². The van der Waals surface area contributed by atoms with Crippen LogP contribution in [0.4, 0.5) is 0 Å². The van der Waals surface area contributed by atoms with Gasteiger partial charge in [-0.15, -0.1) is 0 Å². The minimum Gasteiger partial charge on any atom is -0.466 e. The predicted molar refractivity (Wildman–Crippen MR) is 66.2 cm³/mol. The Morgan fingerprint density at radius 1 is 1.29 bits per heavy atom. The van der Waals surface area contributed by atoms with Crippen LogP contribution < -0.4 is 10.0 Å². The fourth-order valence-electron chi connectivity index (χ4n) is 1.09. The van der Waals surface area contributed by atoms with Crippen molar-refractivity contribution >= 4 is 16.0 Å². The van der Waals surface area contributed by atoms with Crippen LogP contribution in [-0.2, 0) is 19.6 Å². The Morgan fingerprint density at radius 3 is 2.47 bits per heavy atom. The zero-order chi connectivity index (χ0) is 13.3. The van der Waals surface area contributed by atoms with Crippen molar-refractivity contribution in [3.63, 3.8) is 0 Å². The van der Waals surface area contributed by atoms with Gasteiger partial charge in [0.25, 0.3) is 0 Å². The molecule has 0 amide bonds. The van der Waals surface area contributed by atoms with Gasteiger partial charge in [-0.1, -0.05) is 13.8 Å². The van der Waals surface area contributed by atoms with Crippen LogP contribution in [-0.4, -0.2) is 45.9 Å². The molecule has 0 aliphatic heterocycles. The third-order valence-electron chi connectivity index (χ3n) is 1.88. The van der Waals surface area contributed by atoms with Crippen molar-refractivity contribution < 1.29 is 17.9 Å². The first-order valence-electron chi connectivity index (χ1n) is 5.73. The van der Waals surface area contributed by atoms with Gasteiger partial charge in [-0.05, 0) is 6.92 Å². The number of hydrogen-bond acceptors (Lipinski definition) is 5. The summed E-state index contributed by atoms with van der Waals surface area (Å²) >= 11 is 0. The molecule has 0 aliphatic rings. The summed E-state index contributed by atoms with van der Waals surface area (Å²) in [4.78, 5) is 11.0. The van der Waals surface area contributed by atoms with E-state index in [1.165, 1.54) is 0 Å². The molecule has 0 radical (unpaired) electrons. The van der Waals surface area contributed by atoms with E-state index in [0.717, 1.165) is 0 Å². The van der Waals surface area contributed by atoms with Crippen molar-refractivity contribution in [2.45, 2.75) is 33.2 Å². The minimum absolute atomic E-state index is 0.110. The molecule has 102 valence electrons. The summed E-state index contributed by atoms with van der Waals surface area (Å²) in [5, 5.41) is 3.08. The molecule has 0 unspecified atom stereocenters. The summed E-state index contributed by atoms with van der Waals surface area (Å²) in [6.07, 6.45) is -0.110. The van der Waals surface area contributed by atoms with Gasteiger partial charge in [0.15, 0.2) is 0 Å². The van der Waals surface area contributed by atoms with E-state index < -0.39 is 16.0 Å². The number of sulfonamides is 1. The van der Waals surface area contributed by atoms with Gasteiger partial charge < -0.3 is 10.1 Å². The second-order valence-electron chi connectivity index (χ2n) is 3.88. The molecular weight excluding hydrogens is 244 g/mol. The Bertz CT molecular complexity index is 314. The highest BCUT2D eigenvalue weighted by Crippen LogP contribution is 1.92. The molecule has 6 nitrogen and oxygen atoms in total. The summed E-state index contributed by atoms with van der Waals surface area (Å²) in [7, 11) is -3.38. The first-order chi connectivity index (χ1) is 7.87. The number of rotatable bonds is 9. The number of carbonyl (C=O) groups excluding carboxylic acids is 1. The molecule has 0 aliphatic carbocycles. The lowest BCUT2D eigenvalue weighted by Crippen LogP contribution is -2.36. The van der Waals surface area contributed by atoms with Crippen LogP contribution in [0.5, 0.6) is 0 Å². The van der Waals surface area contributed by atoms with Gasteiger partial charge in [0, 0.05) is 19.1 Å². The molecule has 0 spiro atoms. The Balaban J connectivity index is 3.77. The van der Waals surface area contributed by atoms with Gasteiger partial charge in [-0.3, -0.25) is 4.79 Å². The van der Waals surface area contributed by atoms with Crippen LogP contribution >= 0.6 is 0 Å². The van der Waals surface area contributed by atoms with Crippen molar-refractivity contribution in [3.8, 4) is 0 Å². The van der Waals surface area contributed by atoms with Gasteiger partial charge in [-0.25, -0.2) is 13.1 Å². The topological polar surface area (TPSA) is 84.5 Å². The van der Waals surface area contributed by atoms with Crippen LogP contribution in [0.1, 0.15) is 27.2 Å². The molecule has 0 atom stereocenters. The van der Waals surface area contributed by atoms with E-state index in [9.17, 15) is 13.2 Å². The zero-order valence-corrected chi connectivity index (χ0v) is 11.5. The second kappa shape index (κ2) is 8.43. The van der Waals surface area contributed by atoms with Crippen LogP contribution in [0.3, 0.4) is 0 Å². The molecule has 2 N–H and O–H groups in total. The first-order valence-corrected chi connectivity index (χ1v) is 7.39. The lowest BCUT2D eigenvalue weighted by molar-refractivity contribution is -0.142. The maximum absolute atomic E-state index is 11.4. The molecular formula is C10H22N2O4S. The quantitative estimate of drug-likeness (QED) is 0.448. The summed E-state index contributed by atoms with van der Waals surface area (Å²) < 4.78 is 29.9. The van der Waals surface area contributed by atoms with E-state index in [0.29, 0.717) is 19.1 Å². The van der Waals surface area contributed by atoms with E-state index >= 15 is 0 Å². The normalized spacial score (nSPS) is 11.8. The molecule has 0 aromatic heterocycles. The Morgan fingerprint density at radius 2 is 1.94 bits per heavy atom. The van der Waals surface area contributed by atoms with Crippen molar-refractivity contribution in [2.75, 3.05) is 25.4 Å². The average molecular weight is 266 g/mol. The van der Waals surface area contributed by atoms with E-state index in [-0.39, 0.29) is 18.8 Å². The highest BCUT2D eigenvalue weighted by atomic mass is 32.2. The first kappa shape index (κ1) is 16.3. The third-order valence-corrected chi connectivity index (χ3v) is 3.27. The Kier molecular flexibility index (Phi) is 8.11. The number of nitrogens with one attached hydrogen (secondary N) is 2. The molecule has 0 rings (SSSR count). The average Bonchev–Trinajstić information content (AvgIpc) is 2.22. The number of hydrogen-bond donors (Lipinski definition) is 2. The third kappa shape index (κ3) is 10.2. The van der Waals surface area contributed by atoms with Crippen LogP contribution in [0.2, 0.25) is 0 Å². The van der Waals surface area contributed by atoms with E-state index in [1.807, 2.05) is 13.8 Å². The standard InChI is InChI=1S/C10H22N2O4S/c1-4-16-10(13)5-8-17(14,15)12-7-6-11-9(2)3/h9,11-12H,4-8H2,1-3H3. The maximum atomic E-state index is 11.4.